The van der Waals surface area contributed by atoms with Gasteiger partial charge in [0, 0.05) is 25.7 Å². The lowest BCUT2D eigenvalue weighted by Crippen LogP contribution is -2.31. The van der Waals surface area contributed by atoms with Crippen LogP contribution in [0.4, 0.5) is 4.79 Å². The number of amides is 2. The standard InChI is InChI=1S/C12H25N3O3/c1-3-13-4-6-17-8-9-18-7-5-15-10-11(2)14-12(15)16/h11,13H,3-10H2,1-2H3,(H,14,16). The Hall–Kier alpha value is -0.850. The highest BCUT2D eigenvalue weighted by atomic mass is 16.5. The maximum absolute atomic E-state index is 11.4. The molecule has 6 heteroatoms. The van der Waals surface area contributed by atoms with Crippen LogP contribution in [0.15, 0.2) is 0 Å². The van der Waals surface area contributed by atoms with Gasteiger partial charge in [-0.05, 0) is 13.5 Å². The molecule has 1 fully saturated rings. The molecule has 0 saturated carbocycles. The topological polar surface area (TPSA) is 62.8 Å². The molecule has 1 aliphatic heterocycles. The van der Waals surface area contributed by atoms with Gasteiger partial charge in [0.15, 0.2) is 0 Å². The van der Waals surface area contributed by atoms with E-state index in [1.807, 2.05) is 6.92 Å². The molecule has 0 bridgehead atoms. The van der Waals surface area contributed by atoms with Gasteiger partial charge in [0.2, 0.25) is 0 Å². The Labute approximate surface area is 109 Å². The Balaban J connectivity index is 1.85. The van der Waals surface area contributed by atoms with E-state index < -0.39 is 0 Å². The molecule has 1 saturated heterocycles. The minimum absolute atomic E-state index is 0.00740. The fourth-order valence-corrected chi connectivity index (χ4v) is 1.77. The molecule has 1 unspecified atom stereocenters. The molecule has 2 amide bonds. The third kappa shape index (κ3) is 6.18. The lowest BCUT2D eigenvalue weighted by atomic mass is 10.4. The summed E-state index contributed by atoms with van der Waals surface area (Å²) in [6.45, 7) is 9.79. The first kappa shape index (κ1) is 15.2. The zero-order valence-corrected chi connectivity index (χ0v) is 11.4. The number of carbonyl (C=O) groups excluding carboxylic acids is 1. The number of hydrogen-bond acceptors (Lipinski definition) is 4. The molecule has 0 aromatic carbocycles. The van der Waals surface area contributed by atoms with Crippen LogP contribution in [0.1, 0.15) is 13.8 Å². The van der Waals surface area contributed by atoms with Gasteiger partial charge in [0.25, 0.3) is 0 Å². The van der Waals surface area contributed by atoms with Crippen molar-refractivity contribution in [1.29, 1.82) is 0 Å². The van der Waals surface area contributed by atoms with Gasteiger partial charge in [-0.2, -0.15) is 0 Å². The van der Waals surface area contributed by atoms with Crippen molar-refractivity contribution < 1.29 is 14.3 Å². The molecule has 0 aliphatic carbocycles. The third-order valence-electron chi connectivity index (χ3n) is 2.70. The third-order valence-corrected chi connectivity index (χ3v) is 2.70. The Morgan fingerprint density at radius 1 is 1.33 bits per heavy atom. The Kier molecular flexibility index (Phi) is 7.71. The summed E-state index contributed by atoms with van der Waals surface area (Å²) in [5.74, 6) is 0. The summed E-state index contributed by atoms with van der Waals surface area (Å²) in [5, 5.41) is 6.03. The Morgan fingerprint density at radius 2 is 2.06 bits per heavy atom. The fourth-order valence-electron chi connectivity index (χ4n) is 1.77. The Bertz CT molecular complexity index is 239. The predicted molar refractivity (Wildman–Crippen MR) is 69.7 cm³/mol. The largest absolute Gasteiger partial charge is 0.378 e. The van der Waals surface area contributed by atoms with E-state index in [2.05, 4.69) is 17.6 Å². The van der Waals surface area contributed by atoms with Gasteiger partial charge < -0.3 is 25.0 Å². The molecule has 1 atom stereocenters. The van der Waals surface area contributed by atoms with Gasteiger partial charge in [-0.1, -0.05) is 6.92 Å². The first-order chi connectivity index (χ1) is 8.74. The van der Waals surface area contributed by atoms with Crippen LogP contribution < -0.4 is 10.6 Å². The van der Waals surface area contributed by atoms with Crippen molar-refractivity contribution in [2.45, 2.75) is 19.9 Å². The zero-order valence-electron chi connectivity index (χ0n) is 11.4. The summed E-state index contributed by atoms with van der Waals surface area (Å²) in [6, 6.07) is 0.250. The zero-order chi connectivity index (χ0) is 13.2. The lowest BCUT2D eigenvalue weighted by molar-refractivity contribution is 0.0440. The maximum atomic E-state index is 11.4. The van der Waals surface area contributed by atoms with Crippen LogP contribution in [-0.2, 0) is 9.47 Å². The molecule has 1 heterocycles. The summed E-state index contributed by atoms with van der Waals surface area (Å²) >= 11 is 0. The van der Waals surface area contributed by atoms with Crippen LogP contribution in [0.3, 0.4) is 0 Å². The van der Waals surface area contributed by atoms with Crippen molar-refractivity contribution in [3.63, 3.8) is 0 Å². The highest BCUT2D eigenvalue weighted by Crippen LogP contribution is 2.02. The second-order valence-corrected chi connectivity index (χ2v) is 4.37. The fraction of sp³-hybridized carbons (Fsp3) is 0.917. The molecular formula is C12H25N3O3. The van der Waals surface area contributed by atoms with Gasteiger partial charge in [0.05, 0.1) is 26.4 Å². The van der Waals surface area contributed by atoms with E-state index in [-0.39, 0.29) is 12.1 Å². The van der Waals surface area contributed by atoms with Crippen molar-refractivity contribution in [3.8, 4) is 0 Å². The second-order valence-electron chi connectivity index (χ2n) is 4.37. The van der Waals surface area contributed by atoms with Gasteiger partial charge in [0.1, 0.15) is 0 Å². The van der Waals surface area contributed by atoms with Crippen LogP contribution >= 0.6 is 0 Å². The Morgan fingerprint density at radius 3 is 2.67 bits per heavy atom. The van der Waals surface area contributed by atoms with E-state index in [1.54, 1.807) is 4.90 Å². The summed E-state index contributed by atoms with van der Waals surface area (Å²) in [4.78, 5) is 13.2. The van der Waals surface area contributed by atoms with E-state index in [1.165, 1.54) is 0 Å². The smallest absolute Gasteiger partial charge is 0.317 e. The minimum Gasteiger partial charge on any atom is -0.378 e. The number of carbonyl (C=O) groups is 1. The molecule has 6 nitrogen and oxygen atoms in total. The average Bonchev–Trinajstić information content (AvgIpc) is 2.66. The van der Waals surface area contributed by atoms with Crippen molar-refractivity contribution in [1.82, 2.24) is 15.5 Å². The molecular weight excluding hydrogens is 234 g/mol. The van der Waals surface area contributed by atoms with Crippen LogP contribution in [0.5, 0.6) is 0 Å². The van der Waals surface area contributed by atoms with Crippen LogP contribution in [0, 0.1) is 0 Å². The van der Waals surface area contributed by atoms with Gasteiger partial charge in [-0.25, -0.2) is 4.79 Å². The van der Waals surface area contributed by atoms with Crippen LogP contribution in [-0.4, -0.2) is 69.6 Å². The van der Waals surface area contributed by atoms with E-state index in [4.69, 9.17) is 9.47 Å². The average molecular weight is 259 g/mol. The maximum Gasteiger partial charge on any atom is 0.317 e. The highest BCUT2D eigenvalue weighted by Gasteiger charge is 2.24. The predicted octanol–water partition coefficient (Wildman–Crippen LogP) is 0.0428. The second kappa shape index (κ2) is 9.13. The molecule has 106 valence electrons. The van der Waals surface area contributed by atoms with Crippen LogP contribution in [0.2, 0.25) is 0 Å². The molecule has 1 aliphatic rings. The number of ether oxygens (including phenoxy) is 2. The van der Waals surface area contributed by atoms with Crippen molar-refractivity contribution in [3.05, 3.63) is 0 Å². The van der Waals surface area contributed by atoms with Crippen molar-refractivity contribution >= 4 is 6.03 Å². The molecule has 2 N–H and O–H groups in total. The van der Waals surface area contributed by atoms with Gasteiger partial charge >= 0.3 is 6.03 Å². The number of nitrogens with zero attached hydrogens (tertiary/aromatic N) is 1. The number of rotatable bonds is 10. The number of hydrogen-bond donors (Lipinski definition) is 2. The number of likely N-dealkylation sites (N-methyl/N-ethyl adjacent to an activating group) is 1. The summed E-state index contributed by atoms with van der Waals surface area (Å²) in [5.41, 5.74) is 0. The quantitative estimate of drug-likeness (QED) is 0.544. The minimum atomic E-state index is 0.00740. The summed E-state index contributed by atoms with van der Waals surface area (Å²) in [7, 11) is 0. The van der Waals surface area contributed by atoms with Gasteiger partial charge in [-0.3, -0.25) is 0 Å². The lowest BCUT2D eigenvalue weighted by Gasteiger charge is -2.14. The summed E-state index contributed by atoms with van der Waals surface area (Å²) < 4.78 is 10.8. The molecule has 0 spiro atoms. The monoisotopic (exact) mass is 259 g/mol. The first-order valence-corrected chi connectivity index (χ1v) is 6.65. The van der Waals surface area contributed by atoms with Gasteiger partial charge in [-0.15, -0.1) is 0 Å². The molecule has 0 radical (unpaired) electrons. The highest BCUT2D eigenvalue weighted by molar-refractivity contribution is 5.76. The number of urea groups is 1. The SMILES string of the molecule is CCNCCOCCOCCN1CC(C)NC1=O. The van der Waals surface area contributed by atoms with Crippen molar-refractivity contribution in [2.75, 3.05) is 52.6 Å². The van der Waals surface area contributed by atoms with E-state index in [0.717, 1.165) is 19.6 Å². The normalized spacial score (nSPS) is 19.3. The van der Waals surface area contributed by atoms with E-state index in [9.17, 15) is 4.79 Å². The number of nitrogens with one attached hydrogen (secondary N) is 2. The van der Waals surface area contributed by atoms with Crippen molar-refractivity contribution in [2.24, 2.45) is 0 Å². The first-order valence-electron chi connectivity index (χ1n) is 6.65. The molecule has 18 heavy (non-hydrogen) atoms. The van der Waals surface area contributed by atoms with E-state index >= 15 is 0 Å². The molecule has 0 aromatic rings. The van der Waals surface area contributed by atoms with Crippen LogP contribution in [0.25, 0.3) is 0 Å². The van der Waals surface area contributed by atoms with E-state index in [0.29, 0.717) is 33.0 Å². The molecule has 0 aromatic heterocycles. The molecule has 1 rings (SSSR count). The summed E-state index contributed by atoms with van der Waals surface area (Å²) in [6.07, 6.45) is 0.